The van der Waals surface area contributed by atoms with Crippen molar-refractivity contribution < 1.29 is 4.79 Å². The molecule has 0 saturated carbocycles. The van der Waals surface area contributed by atoms with E-state index < -0.39 is 0 Å². The van der Waals surface area contributed by atoms with Crippen molar-refractivity contribution in [2.45, 2.75) is 19.4 Å². The molecule has 0 aromatic carbocycles. The summed E-state index contributed by atoms with van der Waals surface area (Å²) in [6.45, 7) is 1.80. The normalized spacial score (nSPS) is 13.4. The van der Waals surface area contributed by atoms with Crippen molar-refractivity contribution in [2.24, 2.45) is 5.73 Å². The molecule has 0 bridgehead atoms. The van der Waals surface area contributed by atoms with E-state index in [0.29, 0.717) is 12.2 Å². The minimum atomic E-state index is -0.358. The Labute approximate surface area is 54.9 Å². The zero-order chi connectivity index (χ0) is 6.57. The Morgan fingerprint density at radius 3 is 2.50 bits per heavy atom. The minimum absolute atomic E-state index is 0.0833. The number of rotatable bonds is 3. The Morgan fingerprint density at radius 2 is 2.38 bits per heavy atom. The van der Waals surface area contributed by atoms with Crippen LogP contribution in [0.4, 0.5) is 0 Å². The van der Waals surface area contributed by atoms with Crippen molar-refractivity contribution in [3.8, 4) is 0 Å². The Balaban J connectivity index is 3.46. The van der Waals surface area contributed by atoms with Crippen LogP contribution in [-0.2, 0) is 4.79 Å². The summed E-state index contributed by atoms with van der Waals surface area (Å²) in [5, 5.41) is 0. The molecule has 0 aliphatic rings. The molecule has 0 fully saturated rings. The van der Waals surface area contributed by atoms with Crippen LogP contribution in [0.25, 0.3) is 0 Å². The molecular weight excluding hydrogens is 122 g/mol. The molecule has 0 heterocycles. The highest BCUT2D eigenvalue weighted by molar-refractivity contribution is 7.80. The lowest BCUT2D eigenvalue weighted by molar-refractivity contribution is -0.119. The molecule has 8 heavy (non-hydrogen) atoms. The van der Waals surface area contributed by atoms with Crippen LogP contribution in [0.1, 0.15) is 13.3 Å². The third kappa shape index (κ3) is 2.33. The van der Waals surface area contributed by atoms with Gasteiger partial charge in [-0.15, -0.1) is 0 Å². The third-order valence-electron chi connectivity index (χ3n) is 0.959. The predicted molar refractivity (Wildman–Crippen MR) is 37.1 cm³/mol. The van der Waals surface area contributed by atoms with Crippen LogP contribution in [0.5, 0.6) is 0 Å². The highest BCUT2D eigenvalue weighted by atomic mass is 32.1. The minimum Gasteiger partial charge on any atom is -0.321 e. The summed E-state index contributed by atoms with van der Waals surface area (Å²) in [4.78, 5) is 10.6. The first-order valence-corrected chi connectivity index (χ1v) is 3.24. The first kappa shape index (κ1) is 7.98. The van der Waals surface area contributed by atoms with Crippen LogP contribution in [0.3, 0.4) is 0 Å². The van der Waals surface area contributed by atoms with Crippen molar-refractivity contribution in [2.75, 3.05) is 5.75 Å². The summed E-state index contributed by atoms with van der Waals surface area (Å²) >= 11 is 3.86. The van der Waals surface area contributed by atoms with Crippen molar-refractivity contribution >= 4 is 18.4 Å². The van der Waals surface area contributed by atoms with Gasteiger partial charge in [0.05, 0.1) is 6.04 Å². The zero-order valence-electron chi connectivity index (χ0n) is 4.92. The molecule has 0 aliphatic carbocycles. The van der Waals surface area contributed by atoms with E-state index in [9.17, 15) is 4.79 Å². The van der Waals surface area contributed by atoms with Gasteiger partial charge >= 0.3 is 0 Å². The molecular formula is C5H11NOS. The van der Waals surface area contributed by atoms with Gasteiger partial charge in [-0.1, -0.05) is 6.92 Å². The molecule has 1 unspecified atom stereocenters. The molecule has 1 atom stereocenters. The van der Waals surface area contributed by atoms with Gasteiger partial charge < -0.3 is 5.73 Å². The van der Waals surface area contributed by atoms with E-state index in [0.717, 1.165) is 0 Å². The summed E-state index contributed by atoms with van der Waals surface area (Å²) in [6.07, 6.45) is 0.516. The second-order valence-electron chi connectivity index (χ2n) is 1.61. The standard InChI is InChI=1S/C5H11NOS/c1-2-5(7)4(6)3-8/h4,8H,2-3,6H2,1H3. The Morgan fingerprint density at radius 1 is 1.88 bits per heavy atom. The Kier molecular flexibility index (Phi) is 3.91. The second-order valence-corrected chi connectivity index (χ2v) is 1.97. The number of hydrogen-bond donors (Lipinski definition) is 2. The second kappa shape index (κ2) is 3.92. The molecule has 3 heteroatoms. The van der Waals surface area contributed by atoms with Gasteiger partial charge in [-0.25, -0.2) is 0 Å². The van der Waals surface area contributed by atoms with E-state index in [4.69, 9.17) is 5.73 Å². The van der Waals surface area contributed by atoms with E-state index >= 15 is 0 Å². The van der Waals surface area contributed by atoms with Gasteiger partial charge in [0.15, 0.2) is 0 Å². The van der Waals surface area contributed by atoms with Gasteiger partial charge in [-0.3, -0.25) is 4.79 Å². The van der Waals surface area contributed by atoms with Gasteiger partial charge in [-0.2, -0.15) is 12.6 Å². The predicted octanol–water partition coefficient (Wildman–Crippen LogP) is 0.223. The van der Waals surface area contributed by atoms with Gasteiger partial charge in [0.1, 0.15) is 5.78 Å². The topological polar surface area (TPSA) is 43.1 Å². The number of nitrogens with two attached hydrogens (primary N) is 1. The van der Waals surface area contributed by atoms with E-state index in [1.165, 1.54) is 0 Å². The molecule has 0 aromatic heterocycles. The summed E-state index contributed by atoms with van der Waals surface area (Å²) in [5.41, 5.74) is 5.30. The lowest BCUT2D eigenvalue weighted by atomic mass is 10.2. The highest BCUT2D eigenvalue weighted by Gasteiger charge is 2.06. The van der Waals surface area contributed by atoms with Crippen LogP contribution < -0.4 is 5.73 Å². The summed E-state index contributed by atoms with van der Waals surface area (Å²) in [7, 11) is 0. The highest BCUT2D eigenvalue weighted by Crippen LogP contribution is 1.88. The number of thiol groups is 1. The summed E-state index contributed by atoms with van der Waals surface area (Å²) < 4.78 is 0. The molecule has 0 aliphatic heterocycles. The zero-order valence-corrected chi connectivity index (χ0v) is 5.82. The van der Waals surface area contributed by atoms with E-state index in [1.807, 2.05) is 0 Å². The lowest BCUT2D eigenvalue weighted by Crippen LogP contribution is -2.31. The number of Topliss-reactive ketones (excluding diaryl/α,β-unsaturated/α-hetero) is 1. The average Bonchev–Trinajstić information content (AvgIpc) is 1.84. The van der Waals surface area contributed by atoms with Crippen LogP contribution in [0.15, 0.2) is 0 Å². The quantitative estimate of drug-likeness (QED) is 0.541. The van der Waals surface area contributed by atoms with Crippen molar-refractivity contribution in [3.05, 3.63) is 0 Å². The maximum atomic E-state index is 10.6. The molecule has 0 saturated heterocycles. The molecule has 2 nitrogen and oxygen atoms in total. The number of ketones is 1. The first-order chi connectivity index (χ1) is 3.72. The molecule has 0 amide bonds. The molecule has 48 valence electrons. The fraction of sp³-hybridized carbons (Fsp3) is 0.800. The van der Waals surface area contributed by atoms with E-state index in [-0.39, 0.29) is 11.8 Å². The maximum absolute atomic E-state index is 10.6. The third-order valence-corrected chi connectivity index (χ3v) is 1.35. The number of hydrogen-bond acceptors (Lipinski definition) is 3. The number of carbonyl (C=O) groups is 1. The van der Waals surface area contributed by atoms with Crippen LogP contribution in [0.2, 0.25) is 0 Å². The average molecular weight is 133 g/mol. The van der Waals surface area contributed by atoms with Crippen molar-refractivity contribution in [3.63, 3.8) is 0 Å². The molecule has 2 N–H and O–H groups in total. The SMILES string of the molecule is CCC(=O)C(N)CS. The lowest BCUT2D eigenvalue weighted by Gasteiger charge is -2.01. The van der Waals surface area contributed by atoms with Crippen molar-refractivity contribution in [1.82, 2.24) is 0 Å². The summed E-state index contributed by atoms with van der Waals surface area (Å²) in [6, 6.07) is -0.358. The van der Waals surface area contributed by atoms with Gasteiger partial charge in [0.2, 0.25) is 0 Å². The van der Waals surface area contributed by atoms with E-state index in [2.05, 4.69) is 12.6 Å². The van der Waals surface area contributed by atoms with Crippen LogP contribution >= 0.6 is 12.6 Å². The Bertz CT molecular complexity index is 84.5. The first-order valence-electron chi connectivity index (χ1n) is 2.61. The number of carbonyl (C=O) groups excluding carboxylic acids is 1. The maximum Gasteiger partial charge on any atom is 0.150 e. The van der Waals surface area contributed by atoms with Gasteiger partial charge in [-0.05, 0) is 0 Å². The monoisotopic (exact) mass is 133 g/mol. The van der Waals surface area contributed by atoms with E-state index in [1.54, 1.807) is 6.92 Å². The van der Waals surface area contributed by atoms with Crippen LogP contribution in [-0.4, -0.2) is 17.6 Å². The fourth-order valence-electron chi connectivity index (χ4n) is 0.364. The molecule has 0 spiro atoms. The molecule has 0 aromatic rings. The van der Waals surface area contributed by atoms with Gasteiger partial charge in [0, 0.05) is 12.2 Å². The molecule has 0 radical (unpaired) electrons. The molecule has 0 rings (SSSR count). The summed E-state index contributed by atoms with van der Waals surface area (Å²) in [5.74, 6) is 0.534. The van der Waals surface area contributed by atoms with Crippen molar-refractivity contribution in [1.29, 1.82) is 0 Å². The Hall–Kier alpha value is -0.0200. The smallest absolute Gasteiger partial charge is 0.150 e. The largest absolute Gasteiger partial charge is 0.321 e. The van der Waals surface area contributed by atoms with Gasteiger partial charge in [0.25, 0.3) is 0 Å². The van der Waals surface area contributed by atoms with Crippen LogP contribution in [0, 0.1) is 0 Å². The fourth-order valence-corrected chi connectivity index (χ4v) is 0.568.